The van der Waals surface area contributed by atoms with E-state index in [1.54, 1.807) is 31.4 Å². The fraction of sp³-hybridized carbons (Fsp3) is 0.190. The first kappa shape index (κ1) is 19.8. The van der Waals surface area contributed by atoms with Gasteiger partial charge in [0.15, 0.2) is 11.5 Å². The van der Waals surface area contributed by atoms with Gasteiger partial charge < -0.3 is 24.8 Å². The van der Waals surface area contributed by atoms with E-state index in [1.807, 2.05) is 30.3 Å². The SMILES string of the molecule is COc1ccc(NC(=O)CSc2ccc(NCc3ccc4c(c3)OCO4)nn2)cc1. The summed E-state index contributed by atoms with van der Waals surface area (Å²) in [5, 5.41) is 15.1. The predicted octanol–water partition coefficient (Wildman–Crippen LogP) is 3.56. The van der Waals surface area contributed by atoms with Crippen LogP contribution < -0.4 is 24.8 Å². The van der Waals surface area contributed by atoms with Crippen LogP contribution in [0.4, 0.5) is 11.5 Å². The summed E-state index contributed by atoms with van der Waals surface area (Å²) in [4.78, 5) is 12.1. The fourth-order valence-corrected chi connectivity index (χ4v) is 3.36. The molecule has 1 aromatic heterocycles. The third-order valence-electron chi connectivity index (χ3n) is 4.28. The molecule has 0 atom stereocenters. The summed E-state index contributed by atoms with van der Waals surface area (Å²) in [5.41, 5.74) is 1.77. The molecule has 1 aliphatic heterocycles. The highest BCUT2D eigenvalue weighted by Gasteiger charge is 2.13. The molecule has 0 spiro atoms. The number of amides is 1. The number of ether oxygens (including phenoxy) is 3. The zero-order chi connectivity index (χ0) is 20.8. The van der Waals surface area contributed by atoms with Crippen molar-refractivity contribution in [2.45, 2.75) is 11.6 Å². The van der Waals surface area contributed by atoms with Crippen LogP contribution in [0.25, 0.3) is 0 Å². The van der Waals surface area contributed by atoms with Gasteiger partial charge in [-0.2, -0.15) is 0 Å². The molecule has 0 saturated heterocycles. The molecule has 0 unspecified atom stereocenters. The van der Waals surface area contributed by atoms with Crippen LogP contribution in [0.3, 0.4) is 0 Å². The molecule has 2 N–H and O–H groups in total. The number of hydrogen-bond donors (Lipinski definition) is 2. The summed E-state index contributed by atoms with van der Waals surface area (Å²) < 4.78 is 15.8. The summed E-state index contributed by atoms with van der Waals surface area (Å²) in [6, 6.07) is 16.6. The van der Waals surface area contributed by atoms with Crippen LogP contribution in [0.1, 0.15) is 5.56 Å². The Hall–Kier alpha value is -3.46. The number of hydrogen-bond acceptors (Lipinski definition) is 8. The molecule has 1 amide bonds. The number of rotatable bonds is 8. The Morgan fingerprint density at radius 3 is 2.67 bits per heavy atom. The van der Waals surface area contributed by atoms with E-state index in [0.717, 1.165) is 28.5 Å². The van der Waals surface area contributed by atoms with Crippen molar-refractivity contribution in [3.8, 4) is 17.2 Å². The predicted molar refractivity (Wildman–Crippen MR) is 114 cm³/mol. The number of methoxy groups -OCH3 is 1. The van der Waals surface area contributed by atoms with Crippen molar-refractivity contribution in [2.24, 2.45) is 0 Å². The Kier molecular flexibility index (Phi) is 6.19. The molecule has 0 bridgehead atoms. The summed E-state index contributed by atoms with van der Waals surface area (Å²) >= 11 is 1.32. The van der Waals surface area contributed by atoms with Gasteiger partial charge in [0, 0.05) is 12.2 Å². The Bertz CT molecular complexity index is 1010. The number of carbonyl (C=O) groups excluding carboxylic acids is 1. The molecule has 154 valence electrons. The maximum Gasteiger partial charge on any atom is 0.234 e. The smallest absolute Gasteiger partial charge is 0.234 e. The third kappa shape index (κ3) is 5.12. The minimum Gasteiger partial charge on any atom is -0.497 e. The van der Waals surface area contributed by atoms with Crippen LogP contribution in [0.15, 0.2) is 59.6 Å². The van der Waals surface area contributed by atoms with Gasteiger partial charge in [-0.1, -0.05) is 17.8 Å². The summed E-state index contributed by atoms with van der Waals surface area (Å²) in [6.07, 6.45) is 0. The minimum atomic E-state index is -0.114. The lowest BCUT2D eigenvalue weighted by Crippen LogP contribution is -2.14. The summed E-state index contributed by atoms with van der Waals surface area (Å²) in [6.45, 7) is 0.844. The van der Waals surface area contributed by atoms with E-state index in [9.17, 15) is 4.79 Å². The zero-order valence-corrected chi connectivity index (χ0v) is 17.1. The highest BCUT2D eigenvalue weighted by Crippen LogP contribution is 2.32. The number of benzene rings is 2. The second kappa shape index (κ2) is 9.36. The van der Waals surface area contributed by atoms with Gasteiger partial charge in [-0.25, -0.2) is 0 Å². The molecule has 0 aliphatic carbocycles. The Morgan fingerprint density at radius 2 is 1.90 bits per heavy atom. The monoisotopic (exact) mass is 424 g/mol. The molecule has 0 saturated carbocycles. The maximum atomic E-state index is 12.1. The van der Waals surface area contributed by atoms with Crippen LogP contribution in [0, 0.1) is 0 Å². The molecule has 9 heteroatoms. The van der Waals surface area contributed by atoms with Crippen LogP contribution in [-0.4, -0.2) is 35.8 Å². The maximum absolute atomic E-state index is 12.1. The van der Waals surface area contributed by atoms with Gasteiger partial charge in [0.1, 0.15) is 16.6 Å². The molecule has 2 heterocycles. The third-order valence-corrected chi connectivity index (χ3v) is 5.20. The first-order valence-electron chi connectivity index (χ1n) is 9.22. The van der Waals surface area contributed by atoms with Crippen molar-refractivity contribution in [1.29, 1.82) is 0 Å². The van der Waals surface area contributed by atoms with Gasteiger partial charge in [0.2, 0.25) is 12.7 Å². The summed E-state index contributed by atoms with van der Waals surface area (Å²) in [7, 11) is 1.60. The lowest BCUT2D eigenvalue weighted by atomic mass is 10.2. The molecule has 0 radical (unpaired) electrons. The van der Waals surface area contributed by atoms with E-state index in [4.69, 9.17) is 14.2 Å². The number of aromatic nitrogens is 2. The topological polar surface area (TPSA) is 94.6 Å². The van der Waals surface area contributed by atoms with E-state index in [0.29, 0.717) is 17.4 Å². The van der Waals surface area contributed by atoms with E-state index >= 15 is 0 Å². The van der Waals surface area contributed by atoms with Crippen LogP contribution in [0.2, 0.25) is 0 Å². The Morgan fingerprint density at radius 1 is 1.07 bits per heavy atom. The number of carbonyl (C=O) groups is 1. The first-order chi connectivity index (χ1) is 14.7. The average molecular weight is 424 g/mol. The Labute approximate surface area is 177 Å². The van der Waals surface area contributed by atoms with Crippen molar-refractivity contribution >= 4 is 29.2 Å². The molecule has 3 aromatic rings. The molecular formula is C21H20N4O4S. The number of anilines is 2. The van der Waals surface area contributed by atoms with Crippen LogP contribution in [-0.2, 0) is 11.3 Å². The van der Waals surface area contributed by atoms with Crippen LogP contribution in [0.5, 0.6) is 17.2 Å². The van der Waals surface area contributed by atoms with E-state index in [-0.39, 0.29) is 18.5 Å². The number of fused-ring (bicyclic) bond motifs is 1. The minimum absolute atomic E-state index is 0.114. The quantitative estimate of drug-likeness (QED) is 0.530. The van der Waals surface area contributed by atoms with Crippen molar-refractivity contribution in [3.63, 3.8) is 0 Å². The molecular weight excluding hydrogens is 404 g/mol. The zero-order valence-electron chi connectivity index (χ0n) is 16.3. The Balaban J connectivity index is 1.23. The second-order valence-electron chi connectivity index (χ2n) is 6.36. The molecule has 2 aromatic carbocycles. The molecule has 8 nitrogen and oxygen atoms in total. The van der Waals surface area contributed by atoms with Crippen molar-refractivity contribution in [1.82, 2.24) is 10.2 Å². The van der Waals surface area contributed by atoms with Gasteiger partial charge in [-0.3, -0.25) is 4.79 Å². The van der Waals surface area contributed by atoms with Crippen molar-refractivity contribution in [2.75, 3.05) is 30.3 Å². The molecule has 4 rings (SSSR count). The van der Waals surface area contributed by atoms with Crippen LogP contribution >= 0.6 is 11.8 Å². The second-order valence-corrected chi connectivity index (χ2v) is 7.36. The summed E-state index contributed by atoms with van der Waals surface area (Å²) in [5.74, 6) is 3.03. The van der Waals surface area contributed by atoms with Gasteiger partial charge in [-0.05, 0) is 54.1 Å². The van der Waals surface area contributed by atoms with E-state index in [2.05, 4.69) is 20.8 Å². The van der Waals surface area contributed by atoms with E-state index < -0.39 is 0 Å². The lowest BCUT2D eigenvalue weighted by molar-refractivity contribution is -0.113. The van der Waals surface area contributed by atoms with Crippen molar-refractivity contribution in [3.05, 3.63) is 60.2 Å². The lowest BCUT2D eigenvalue weighted by Gasteiger charge is -2.07. The molecule has 30 heavy (non-hydrogen) atoms. The fourth-order valence-electron chi connectivity index (χ4n) is 2.75. The standard InChI is InChI=1S/C21H20N4O4S/c1-27-16-5-3-15(4-6-16)23-20(26)12-30-21-9-8-19(24-25-21)22-11-14-2-7-17-18(10-14)29-13-28-17/h2-10H,11-13H2,1H3,(H,22,24)(H,23,26). The number of nitrogens with zero attached hydrogens (tertiary/aromatic N) is 2. The van der Waals surface area contributed by atoms with Gasteiger partial charge in [-0.15, -0.1) is 10.2 Å². The number of thioether (sulfide) groups is 1. The van der Waals surface area contributed by atoms with Gasteiger partial charge in [0.25, 0.3) is 0 Å². The van der Waals surface area contributed by atoms with E-state index in [1.165, 1.54) is 11.8 Å². The largest absolute Gasteiger partial charge is 0.497 e. The average Bonchev–Trinajstić information content (AvgIpc) is 3.25. The number of nitrogens with one attached hydrogen (secondary N) is 2. The highest BCUT2D eigenvalue weighted by atomic mass is 32.2. The van der Waals surface area contributed by atoms with Gasteiger partial charge >= 0.3 is 0 Å². The normalized spacial score (nSPS) is 11.8. The first-order valence-corrected chi connectivity index (χ1v) is 10.2. The highest BCUT2D eigenvalue weighted by molar-refractivity contribution is 7.99. The molecule has 1 aliphatic rings. The van der Waals surface area contributed by atoms with Gasteiger partial charge in [0.05, 0.1) is 12.9 Å². The van der Waals surface area contributed by atoms with Crippen molar-refractivity contribution < 1.29 is 19.0 Å². The molecule has 0 fully saturated rings.